The molecule has 0 aliphatic rings. The van der Waals surface area contributed by atoms with Crippen LogP contribution in [0.2, 0.25) is 0 Å². The molecule has 136 valence electrons. The van der Waals surface area contributed by atoms with E-state index < -0.39 is 0 Å². The lowest BCUT2D eigenvalue weighted by atomic mass is 10.0. The van der Waals surface area contributed by atoms with Crippen molar-refractivity contribution in [2.75, 3.05) is 19.8 Å². The predicted molar refractivity (Wildman–Crippen MR) is 97.6 cm³/mol. The Bertz CT molecular complexity index is 299. The minimum absolute atomic E-state index is 0.272. The smallest absolute Gasteiger partial charge is 0.333 e. The number of carbonyl (C=O) groups is 1. The molecule has 0 saturated heterocycles. The molecular formula is C20H38O3. The van der Waals surface area contributed by atoms with Gasteiger partial charge in [0.25, 0.3) is 0 Å². The SMILES string of the molecule is C=C(C)C(=O)OCCCCCCCCOCC(CC)CCCC. The molecular weight excluding hydrogens is 288 g/mol. The summed E-state index contributed by atoms with van der Waals surface area (Å²) in [5.74, 6) is 0.475. The van der Waals surface area contributed by atoms with Gasteiger partial charge in [-0.25, -0.2) is 4.79 Å². The Hall–Kier alpha value is -0.830. The number of esters is 1. The summed E-state index contributed by atoms with van der Waals surface area (Å²) in [6.45, 7) is 12.1. The summed E-state index contributed by atoms with van der Waals surface area (Å²) >= 11 is 0. The second-order valence-electron chi connectivity index (χ2n) is 6.53. The minimum atomic E-state index is -0.272. The van der Waals surface area contributed by atoms with Crippen LogP contribution in [0.15, 0.2) is 12.2 Å². The maximum absolute atomic E-state index is 11.2. The number of carbonyl (C=O) groups excluding carboxylic acids is 1. The van der Waals surface area contributed by atoms with Crippen LogP contribution in [0.4, 0.5) is 0 Å². The first-order chi connectivity index (χ1) is 11.1. The Morgan fingerprint density at radius 1 is 0.957 bits per heavy atom. The molecule has 0 radical (unpaired) electrons. The fourth-order valence-corrected chi connectivity index (χ4v) is 2.45. The fourth-order valence-electron chi connectivity index (χ4n) is 2.45. The summed E-state index contributed by atoms with van der Waals surface area (Å²) in [5.41, 5.74) is 0.477. The topological polar surface area (TPSA) is 35.5 Å². The molecule has 0 aliphatic heterocycles. The zero-order valence-corrected chi connectivity index (χ0v) is 15.7. The van der Waals surface area contributed by atoms with Crippen molar-refractivity contribution in [2.24, 2.45) is 5.92 Å². The van der Waals surface area contributed by atoms with Gasteiger partial charge in [0.2, 0.25) is 0 Å². The number of unbranched alkanes of at least 4 members (excludes halogenated alkanes) is 6. The molecule has 1 atom stereocenters. The quantitative estimate of drug-likeness (QED) is 0.208. The van der Waals surface area contributed by atoms with Gasteiger partial charge in [-0.3, -0.25) is 0 Å². The zero-order valence-electron chi connectivity index (χ0n) is 15.7. The zero-order chi connectivity index (χ0) is 17.3. The second kappa shape index (κ2) is 16.0. The normalized spacial score (nSPS) is 12.1. The van der Waals surface area contributed by atoms with Crippen LogP contribution in [0, 0.1) is 5.92 Å². The fraction of sp³-hybridized carbons (Fsp3) is 0.850. The van der Waals surface area contributed by atoms with Gasteiger partial charge in [-0.05, 0) is 32.1 Å². The van der Waals surface area contributed by atoms with Gasteiger partial charge >= 0.3 is 5.97 Å². The molecule has 0 rings (SSSR count). The van der Waals surface area contributed by atoms with E-state index in [1.54, 1.807) is 6.92 Å². The monoisotopic (exact) mass is 326 g/mol. The van der Waals surface area contributed by atoms with E-state index in [1.165, 1.54) is 44.9 Å². The van der Waals surface area contributed by atoms with Gasteiger partial charge in [0.05, 0.1) is 6.61 Å². The maximum Gasteiger partial charge on any atom is 0.333 e. The van der Waals surface area contributed by atoms with Gasteiger partial charge in [0.15, 0.2) is 0 Å². The molecule has 3 heteroatoms. The van der Waals surface area contributed by atoms with Crippen LogP contribution in [-0.4, -0.2) is 25.8 Å². The van der Waals surface area contributed by atoms with E-state index in [0.29, 0.717) is 12.2 Å². The van der Waals surface area contributed by atoms with Crippen LogP contribution in [0.3, 0.4) is 0 Å². The number of hydrogen-bond acceptors (Lipinski definition) is 3. The summed E-state index contributed by atoms with van der Waals surface area (Å²) in [4.78, 5) is 11.2. The van der Waals surface area contributed by atoms with Crippen LogP contribution in [0.5, 0.6) is 0 Å². The first-order valence-electron chi connectivity index (χ1n) is 9.52. The molecule has 0 N–H and O–H groups in total. The highest BCUT2D eigenvalue weighted by Gasteiger charge is 2.05. The molecule has 0 aromatic heterocycles. The van der Waals surface area contributed by atoms with E-state index in [9.17, 15) is 4.79 Å². The third-order valence-electron chi connectivity index (χ3n) is 4.16. The Labute approximate surface area is 143 Å². The number of ether oxygens (including phenoxy) is 2. The van der Waals surface area contributed by atoms with Crippen LogP contribution in [-0.2, 0) is 14.3 Å². The molecule has 0 aromatic carbocycles. The van der Waals surface area contributed by atoms with Crippen LogP contribution >= 0.6 is 0 Å². The standard InChI is InChI=1S/C20H38O3/c1-5-7-14-19(6-2)17-22-15-12-10-8-9-11-13-16-23-20(21)18(3)4/h19H,3,5-17H2,1-2,4H3. The molecule has 0 aromatic rings. The van der Waals surface area contributed by atoms with Gasteiger partial charge in [-0.1, -0.05) is 65.4 Å². The van der Waals surface area contributed by atoms with Gasteiger partial charge in [-0.2, -0.15) is 0 Å². The Balaban J connectivity index is 3.27. The van der Waals surface area contributed by atoms with E-state index in [0.717, 1.165) is 38.4 Å². The molecule has 0 saturated carbocycles. The third kappa shape index (κ3) is 14.5. The highest BCUT2D eigenvalue weighted by atomic mass is 16.5. The molecule has 0 bridgehead atoms. The van der Waals surface area contributed by atoms with E-state index >= 15 is 0 Å². The summed E-state index contributed by atoms with van der Waals surface area (Å²) in [6.07, 6.45) is 12.1. The van der Waals surface area contributed by atoms with Crippen molar-refractivity contribution in [1.29, 1.82) is 0 Å². The average Bonchev–Trinajstić information content (AvgIpc) is 2.54. The van der Waals surface area contributed by atoms with Crippen molar-refractivity contribution in [3.05, 3.63) is 12.2 Å². The van der Waals surface area contributed by atoms with Crippen molar-refractivity contribution < 1.29 is 14.3 Å². The van der Waals surface area contributed by atoms with E-state index in [2.05, 4.69) is 20.4 Å². The number of hydrogen-bond donors (Lipinski definition) is 0. The maximum atomic E-state index is 11.2. The van der Waals surface area contributed by atoms with E-state index in [4.69, 9.17) is 9.47 Å². The molecule has 0 amide bonds. The summed E-state index contributed by atoms with van der Waals surface area (Å²) in [6, 6.07) is 0. The molecule has 0 spiro atoms. The first-order valence-corrected chi connectivity index (χ1v) is 9.52. The summed E-state index contributed by atoms with van der Waals surface area (Å²) in [5, 5.41) is 0. The van der Waals surface area contributed by atoms with Gasteiger partial charge < -0.3 is 9.47 Å². The number of rotatable bonds is 16. The Morgan fingerprint density at radius 2 is 1.57 bits per heavy atom. The van der Waals surface area contributed by atoms with Crippen LogP contribution < -0.4 is 0 Å². The summed E-state index contributed by atoms with van der Waals surface area (Å²) in [7, 11) is 0. The first kappa shape index (κ1) is 22.2. The molecule has 0 aliphatic carbocycles. The molecule has 0 heterocycles. The van der Waals surface area contributed by atoms with E-state index in [1.807, 2.05) is 0 Å². The molecule has 3 nitrogen and oxygen atoms in total. The highest BCUT2D eigenvalue weighted by Crippen LogP contribution is 2.13. The molecule has 23 heavy (non-hydrogen) atoms. The lowest BCUT2D eigenvalue weighted by Gasteiger charge is -2.14. The van der Waals surface area contributed by atoms with Crippen LogP contribution in [0.25, 0.3) is 0 Å². The highest BCUT2D eigenvalue weighted by molar-refractivity contribution is 5.86. The van der Waals surface area contributed by atoms with Crippen molar-refractivity contribution in [3.8, 4) is 0 Å². The second-order valence-corrected chi connectivity index (χ2v) is 6.53. The van der Waals surface area contributed by atoms with Crippen molar-refractivity contribution in [2.45, 2.75) is 85.0 Å². The summed E-state index contributed by atoms with van der Waals surface area (Å²) < 4.78 is 10.9. The average molecular weight is 327 g/mol. The Kier molecular flexibility index (Phi) is 15.5. The van der Waals surface area contributed by atoms with Gasteiger partial charge in [-0.15, -0.1) is 0 Å². The lowest BCUT2D eigenvalue weighted by Crippen LogP contribution is -2.09. The van der Waals surface area contributed by atoms with Gasteiger partial charge in [0, 0.05) is 18.8 Å². The van der Waals surface area contributed by atoms with Crippen molar-refractivity contribution in [3.63, 3.8) is 0 Å². The molecule has 1 unspecified atom stereocenters. The van der Waals surface area contributed by atoms with Gasteiger partial charge in [0.1, 0.15) is 0 Å². The lowest BCUT2D eigenvalue weighted by molar-refractivity contribution is -0.139. The predicted octanol–water partition coefficient (Wildman–Crippen LogP) is 5.68. The van der Waals surface area contributed by atoms with E-state index in [-0.39, 0.29) is 5.97 Å². The van der Waals surface area contributed by atoms with Crippen molar-refractivity contribution >= 4 is 5.97 Å². The largest absolute Gasteiger partial charge is 0.462 e. The molecule has 0 fully saturated rings. The third-order valence-corrected chi connectivity index (χ3v) is 4.16. The van der Waals surface area contributed by atoms with Crippen molar-refractivity contribution in [1.82, 2.24) is 0 Å². The van der Waals surface area contributed by atoms with Crippen LogP contribution in [0.1, 0.15) is 85.0 Å². The minimum Gasteiger partial charge on any atom is -0.462 e. The Morgan fingerprint density at radius 3 is 2.13 bits per heavy atom.